The molecule has 2 heterocycles. The molecule has 7 heteroatoms. The highest BCUT2D eigenvalue weighted by Crippen LogP contribution is 2.65. The lowest BCUT2D eigenvalue weighted by atomic mass is 9.54. The number of ether oxygens (including phenoxy) is 3. The highest BCUT2D eigenvalue weighted by molar-refractivity contribution is 5.89. The normalized spacial score (nSPS) is 35.0. The Morgan fingerprint density at radius 1 is 1.08 bits per heavy atom. The van der Waals surface area contributed by atoms with E-state index in [1.807, 2.05) is 18.2 Å². The zero-order valence-corrected chi connectivity index (χ0v) is 14.0. The Kier molecular flexibility index (Phi) is 3.49. The van der Waals surface area contributed by atoms with Gasteiger partial charge in [-0.3, -0.25) is 5.41 Å². The highest BCUT2D eigenvalue weighted by atomic mass is 16.7. The lowest BCUT2D eigenvalue weighted by Crippen LogP contribution is -2.60. The van der Waals surface area contributed by atoms with Gasteiger partial charge in [0.25, 0.3) is 0 Å². The Labute approximate surface area is 145 Å². The maximum atomic E-state index is 9.92. The summed E-state index contributed by atoms with van der Waals surface area (Å²) in [6.07, 6.45) is -0.927. The maximum absolute atomic E-state index is 9.92. The van der Waals surface area contributed by atoms with Gasteiger partial charge >= 0.3 is 0 Å². The SMILES string of the molecule is COc1ccc(C23OC(=N)C(C#N)(C2C)C(C#N)(C#N)C(C)O3)cc1. The van der Waals surface area contributed by atoms with E-state index in [2.05, 4.69) is 0 Å². The highest BCUT2D eigenvalue weighted by Gasteiger charge is 2.78. The van der Waals surface area contributed by atoms with Gasteiger partial charge in [-0.2, -0.15) is 15.8 Å². The fourth-order valence-corrected chi connectivity index (χ4v) is 3.94. The Bertz CT molecular complexity index is 846. The van der Waals surface area contributed by atoms with Crippen molar-refractivity contribution in [1.29, 1.82) is 21.2 Å². The third-order valence-electron chi connectivity index (χ3n) is 5.44. The molecule has 25 heavy (non-hydrogen) atoms. The van der Waals surface area contributed by atoms with Gasteiger partial charge in [-0.1, -0.05) is 6.92 Å². The van der Waals surface area contributed by atoms with Crippen LogP contribution in [-0.2, 0) is 15.3 Å². The van der Waals surface area contributed by atoms with Crippen molar-refractivity contribution in [2.75, 3.05) is 7.11 Å². The summed E-state index contributed by atoms with van der Waals surface area (Å²) in [5.74, 6) is -1.91. The first-order valence-corrected chi connectivity index (χ1v) is 7.72. The van der Waals surface area contributed by atoms with E-state index in [1.54, 1.807) is 45.2 Å². The van der Waals surface area contributed by atoms with Crippen molar-refractivity contribution in [3.8, 4) is 24.0 Å². The summed E-state index contributed by atoms with van der Waals surface area (Å²) in [7, 11) is 1.55. The number of nitrogens with zero attached hydrogens (tertiary/aromatic N) is 3. The third-order valence-corrected chi connectivity index (χ3v) is 5.44. The average molecular weight is 336 g/mol. The second-order valence-electron chi connectivity index (χ2n) is 6.26. The molecule has 2 saturated heterocycles. The molecule has 2 aliphatic heterocycles. The molecule has 2 bridgehead atoms. The van der Waals surface area contributed by atoms with Crippen molar-refractivity contribution in [2.24, 2.45) is 16.7 Å². The lowest BCUT2D eigenvalue weighted by Gasteiger charge is -2.47. The molecule has 3 rings (SSSR count). The molecule has 4 atom stereocenters. The summed E-state index contributed by atoms with van der Waals surface area (Å²) in [5.41, 5.74) is -2.95. The summed E-state index contributed by atoms with van der Waals surface area (Å²) >= 11 is 0. The number of rotatable bonds is 2. The van der Waals surface area contributed by atoms with Gasteiger partial charge < -0.3 is 14.2 Å². The van der Waals surface area contributed by atoms with Crippen LogP contribution in [0.15, 0.2) is 24.3 Å². The molecule has 1 N–H and O–H groups in total. The minimum absolute atomic E-state index is 0.411. The largest absolute Gasteiger partial charge is 0.497 e. The van der Waals surface area contributed by atoms with E-state index in [4.69, 9.17) is 19.6 Å². The summed E-state index contributed by atoms with van der Waals surface area (Å²) < 4.78 is 16.9. The molecule has 0 spiro atoms. The predicted molar refractivity (Wildman–Crippen MR) is 84.9 cm³/mol. The second kappa shape index (κ2) is 5.21. The van der Waals surface area contributed by atoms with Crippen LogP contribution in [0.5, 0.6) is 5.75 Å². The first kappa shape index (κ1) is 16.8. The van der Waals surface area contributed by atoms with E-state index in [9.17, 15) is 15.8 Å². The molecule has 4 unspecified atom stereocenters. The Balaban J connectivity index is 2.25. The summed E-state index contributed by atoms with van der Waals surface area (Å²) in [4.78, 5) is 0. The minimum Gasteiger partial charge on any atom is -0.497 e. The number of nitrogens with one attached hydrogen (secondary N) is 1. The van der Waals surface area contributed by atoms with E-state index >= 15 is 0 Å². The van der Waals surface area contributed by atoms with Crippen molar-refractivity contribution in [3.05, 3.63) is 29.8 Å². The monoisotopic (exact) mass is 336 g/mol. The Hall–Kier alpha value is -3.08. The summed E-state index contributed by atoms with van der Waals surface area (Å²) in [6, 6.07) is 12.8. The molecule has 2 fully saturated rings. The number of hydrogen-bond donors (Lipinski definition) is 1. The van der Waals surface area contributed by atoms with E-state index in [-0.39, 0.29) is 0 Å². The molecular formula is C18H16N4O3. The zero-order chi connectivity index (χ0) is 18.5. The van der Waals surface area contributed by atoms with Gasteiger partial charge in [0.2, 0.25) is 11.7 Å². The number of fused-ring (bicyclic) bond motifs is 2. The van der Waals surface area contributed by atoms with Crippen LogP contribution < -0.4 is 4.74 Å². The van der Waals surface area contributed by atoms with E-state index < -0.39 is 34.5 Å². The van der Waals surface area contributed by atoms with Crippen LogP contribution in [0, 0.1) is 56.2 Å². The smallest absolute Gasteiger partial charge is 0.243 e. The topological polar surface area (TPSA) is 123 Å². The van der Waals surface area contributed by atoms with Crippen LogP contribution >= 0.6 is 0 Å². The van der Waals surface area contributed by atoms with Crippen molar-refractivity contribution in [3.63, 3.8) is 0 Å². The quantitative estimate of drug-likeness (QED) is 0.885. The fourth-order valence-electron chi connectivity index (χ4n) is 3.94. The third kappa shape index (κ3) is 1.67. The maximum Gasteiger partial charge on any atom is 0.243 e. The van der Waals surface area contributed by atoms with E-state index in [0.29, 0.717) is 11.3 Å². The molecule has 2 aliphatic rings. The van der Waals surface area contributed by atoms with E-state index in [1.165, 1.54) is 0 Å². The van der Waals surface area contributed by atoms with Crippen molar-refractivity contribution < 1.29 is 14.2 Å². The second-order valence-corrected chi connectivity index (χ2v) is 6.26. The first-order chi connectivity index (χ1) is 11.9. The van der Waals surface area contributed by atoms with E-state index in [0.717, 1.165) is 0 Å². The number of hydrogen-bond acceptors (Lipinski definition) is 7. The van der Waals surface area contributed by atoms with Gasteiger partial charge in [0.15, 0.2) is 10.8 Å². The average Bonchev–Trinajstić information content (AvgIpc) is 2.80. The molecular weight excluding hydrogens is 320 g/mol. The van der Waals surface area contributed by atoms with Gasteiger partial charge in [-0.05, 0) is 31.2 Å². The Morgan fingerprint density at radius 3 is 2.16 bits per heavy atom. The van der Waals surface area contributed by atoms with Crippen molar-refractivity contribution in [1.82, 2.24) is 0 Å². The van der Waals surface area contributed by atoms with Crippen LogP contribution in [-0.4, -0.2) is 19.1 Å². The molecule has 0 saturated carbocycles. The molecule has 7 nitrogen and oxygen atoms in total. The molecule has 1 aromatic rings. The number of benzene rings is 1. The van der Waals surface area contributed by atoms with Gasteiger partial charge in [0.05, 0.1) is 37.3 Å². The molecule has 0 aromatic heterocycles. The number of nitriles is 3. The minimum atomic E-state index is -1.83. The predicted octanol–water partition coefficient (Wildman–Crippen LogP) is 2.45. The first-order valence-electron chi connectivity index (χ1n) is 7.72. The summed E-state index contributed by atoms with van der Waals surface area (Å²) in [5, 5.41) is 37.7. The van der Waals surface area contributed by atoms with Gasteiger partial charge in [0.1, 0.15) is 5.75 Å². The van der Waals surface area contributed by atoms with Crippen LogP contribution in [0.4, 0.5) is 0 Å². The molecule has 0 amide bonds. The van der Waals surface area contributed by atoms with Crippen molar-refractivity contribution >= 4 is 5.90 Å². The molecule has 0 radical (unpaired) electrons. The van der Waals surface area contributed by atoms with Gasteiger partial charge in [-0.15, -0.1) is 0 Å². The van der Waals surface area contributed by atoms with Crippen LogP contribution in [0.2, 0.25) is 0 Å². The van der Waals surface area contributed by atoms with Crippen molar-refractivity contribution in [2.45, 2.75) is 25.7 Å². The lowest BCUT2D eigenvalue weighted by molar-refractivity contribution is -0.281. The zero-order valence-electron chi connectivity index (χ0n) is 14.0. The molecule has 1 aromatic carbocycles. The fraction of sp³-hybridized carbons (Fsp3) is 0.444. The molecule has 126 valence electrons. The molecule has 0 aliphatic carbocycles. The van der Waals surface area contributed by atoms with Crippen LogP contribution in [0.25, 0.3) is 0 Å². The standard InChI is InChI=1S/C18H16N4O3/c1-11-17(10-21)15(22)25-18(11,13-4-6-14(23-3)7-5-13)24-12(2)16(17,8-19)9-20/h4-7,11-12,22H,1-3H3. The van der Waals surface area contributed by atoms with Crippen LogP contribution in [0.3, 0.4) is 0 Å². The Morgan fingerprint density at radius 2 is 1.68 bits per heavy atom. The van der Waals surface area contributed by atoms with Gasteiger partial charge in [-0.25, -0.2) is 0 Å². The number of methoxy groups -OCH3 is 1. The van der Waals surface area contributed by atoms with Crippen LogP contribution in [0.1, 0.15) is 19.4 Å². The summed E-state index contributed by atoms with van der Waals surface area (Å²) in [6.45, 7) is 3.23. The van der Waals surface area contributed by atoms with Gasteiger partial charge in [0, 0.05) is 5.56 Å².